The molecule has 2 aromatic carbocycles. The minimum Gasteiger partial charge on any atom is -0.379 e. The molecule has 0 aliphatic carbocycles. The second-order valence-electron chi connectivity index (χ2n) is 8.04. The number of aromatic amines is 1. The Morgan fingerprint density at radius 1 is 1.20 bits per heavy atom. The van der Waals surface area contributed by atoms with E-state index in [2.05, 4.69) is 28.2 Å². The molecule has 0 saturated carbocycles. The second-order valence-corrected chi connectivity index (χ2v) is 8.04. The van der Waals surface area contributed by atoms with Crippen LogP contribution in [0.5, 0.6) is 0 Å². The third-order valence-electron chi connectivity index (χ3n) is 5.81. The molecule has 2 heterocycles. The molecule has 30 heavy (non-hydrogen) atoms. The molecule has 4 rings (SSSR count). The maximum absolute atomic E-state index is 13.2. The van der Waals surface area contributed by atoms with E-state index in [4.69, 9.17) is 4.74 Å². The van der Waals surface area contributed by atoms with Gasteiger partial charge in [0.25, 0.3) is 0 Å². The van der Waals surface area contributed by atoms with Gasteiger partial charge in [-0.3, -0.25) is 9.69 Å². The summed E-state index contributed by atoms with van der Waals surface area (Å²) in [6, 6.07) is 12.7. The third kappa shape index (κ3) is 4.55. The second kappa shape index (κ2) is 8.98. The standard InChI is InChI=1S/C24H28FN3O2/c1-16(15-28-9-11-30-12-10-28)24(29)26-14-18-3-8-22-21(13-18)17(2)23(27-22)19-4-6-20(25)7-5-19/h3-8,13,16,27H,9-12,14-15H2,1-2H3,(H,26,29)/t16-/m0/s1. The number of benzene rings is 2. The first-order valence-corrected chi connectivity index (χ1v) is 10.5. The number of H-pyrrole nitrogens is 1. The fourth-order valence-electron chi connectivity index (χ4n) is 4.01. The number of amides is 1. The highest BCUT2D eigenvalue weighted by molar-refractivity contribution is 5.91. The first-order valence-electron chi connectivity index (χ1n) is 10.5. The van der Waals surface area contributed by atoms with Crippen LogP contribution in [0.1, 0.15) is 18.1 Å². The normalized spacial score (nSPS) is 16.0. The predicted molar refractivity (Wildman–Crippen MR) is 117 cm³/mol. The molecule has 158 valence electrons. The molecule has 6 heteroatoms. The van der Waals surface area contributed by atoms with Gasteiger partial charge < -0.3 is 15.0 Å². The van der Waals surface area contributed by atoms with E-state index in [0.29, 0.717) is 6.54 Å². The summed E-state index contributed by atoms with van der Waals surface area (Å²) in [5.74, 6) is -0.237. The summed E-state index contributed by atoms with van der Waals surface area (Å²) < 4.78 is 18.6. The highest BCUT2D eigenvalue weighted by atomic mass is 19.1. The summed E-state index contributed by atoms with van der Waals surface area (Å²) >= 11 is 0. The van der Waals surface area contributed by atoms with Gasteiger partial charge in [0, 0.05) is 48.7 Å². The fourth-order valence-corrected chi connectivity index (χ4v) is 4.01. The molecule has 1 aliphatic heterocycles. The Balaban J connectivity index is 1.42. The lowest BCUT2D eigenvalue weighted by atomic mass is 10.0. The molecule has 0 bridgehead atoms. The van der Waals surface area contributed by atoms with Gasteiger partial charge >= 0.3 is 0 Å². The van der Waals surface area contributed by atoms with E-state index in [1.165, 1.54) is 12.1 Å². The molecule has 1 fully saturated rings. The van der Waals surface area contributed by atoms with E-state index < -0.39 is 0 Å². The van der Waals surface area contributed by atoms with Crippen molar-refractivity contribution in [3.8, 4) is 11.3 Å². The Labute approximate surface area is 176 Å². The molecular weight excluding hydrogens is 381 g/mol. The lowest BCUT2D eigenvalue weighted by Gasteiger charge is -2.28. The van der Waals surface area contributed by atoms with E-state index in [9.17, 15) is 9.18 Å². The van der Waals surface area contributed by atoms with Crippen LogP contribution in [0.2, 0.25) is 0 Å². The minimum absolute atomic E-state index is 0.0640. The largest absolute Gasteiger partial charge is 0.379 e. The first-order chi connectivity index (χ1) is 14.5. The van der Waals surface area contributed by atoms with Crippen molar-refractivity contribution in [1.29, 1.82) is 0 Å². The maximum Gasteiger partial charge on any atom is 0.224 e. The van der Waals surface area contributed by atoms with E-state index in [-0.39, 0.29) is 17.6 Å². The smallest absolute Gasteiger partial charge is 0.224 e. The highest BCUT2D eigenvalue weighted by Gasteiger charge is 2.19. The van der Waals surface area contributed by atoms with Crippen molar-refractivity contribution in [2.24, 2.45) is 5.92 Å². The van der Waals surface area contributed by atoms with Crippen LogP contribution in [0.3, 0.4) is 0 Å². The third-order valence-corrected chi connectivity index (χ3v) is 5.81. The number of carbonyl (C=O) groups is 1. The van der Waals surface area contributed by atoms with E-state index in [0.717, 1.165) is 66.1 Å². The Hall–Kier alpha value is -2.70. The van der Waals surface area contributed by atoms with Crippen LogP contribution in [-0.2, 0) is 16.1 Å². The van der Waals surface area contributed by atoms with Gasteiger partial charge in [-0.25, -0.2) is 4.39 Å². The topological polar surface area (TPSA) is 57.4 Å². The number of hydrogen-bond acceptors (Lipinski definition) is 3. The predicted octanol–water partition coefficient (Wildman–Crippen LogP) is 3.87. The lowest BCUT2D eigenvalue weighted by Crippen LogP contribution is -2.42. The van der Waals surface area contributed by atoms with Gasteiger partial charge in [0.1, 0.15) is 5.82 Å². The monoisotopic (exact) mass is 409 g/mol. The van der Waals surface area contributed by atoms with Crippen LogP contribution in [0.15, 0.2) is 42.5 Å². The average molecular weight is 410 g/mol. The number of nitrogens with zero attached hydrogens (tertiary/aromatic N) is 1. The Morgan fingerprint density at radius 3 is 2.67 bits per heavy atom. The summed E-state index contributed by atoms with van der Waals surface area (Å²) in [6.07, 6.45) is 0. The number of carbonyl (C=O) groups excluding carboxylic acids is 1. The quantitative estimate of drug-likeness (QED) is 0.650. The number of hydrogen-bond donors (Lipinski definition) is 2. The molecule has 1 aromatic heterocycles. The zero-order valence-corrected chi connectivity index (χ0v) is 17.5. The van der Waals surface area contributed by atoms with Crippen LogP contribution in [0, 0.1) is 18.7 Å². The SMILES string of the molecule is Cc1c(-c2ccc(F)cc2)[nH]c2ccc(CNC(=O)[C@@H](C)CN3CCOCC3)cc12. The summed E-state index contributed by atoms with van der Waals surface area (Å²) in [6.45, 7) is 8.54. The van der Waals surface area contributed by atoms with Crippen molar-refractivity contribution >= 4 is 16.8 Å². The van der Waals surface area contributed by atoms with Crippen LogP contribution in [-0.4, -0.2) is 48.6 Å². The van der Waals surface area contributed by atoms with Gasteiger partial charge in [0.15, 0.2) is 0 Å². The van der Waals surface area contributed by atoms with Crippen molar-refractivity contribution in [3.63, 3.8) is 0 Å². The highest BCUT2D eigenvalue weighted by Crippen LogP contribution is 2.30. The van der Waals surface area contributed by atoms with Crippen molar-refractivity contribution in [2.45, 2.75) is 20.4 Å². The van der Waals surface area contributed by atoms with Crippen molar-refractivity contribution in [3.05, 3.63) is 59.4 Å². The maximum atomic E-state index is 13.2. The summed E-state index contributed by atoms with van der Waals surface area (Å²) in [7, 11) is 0. The van der Waals surface area contributed by atoms with Crippen LogP contribution >= 0.6 is 0 Å². The zero-order chi connectivity index (χ0) is 21.1. The first kappa shape index (κ1) is 20.6. The number of nitrogens with one attached hydrogen (secondary N) is 2. The van der Waals surface area contributed by atoms with Crippen LogP contribution in [0.4, 0.5) is 4.39 Å². The Bertz CT molecular complexity index is 1020. The van der Waals surface area contributed by atoms with Gasteiger partial charge in [-0.15, -0.1) is 0 Å². The molecule has 1 aliphatic rings. The van der Waals surface area contributed by atoms with Gasteiger partial charge in [0.05, 0.1) is 13.2 Å². The minimum atomic E-state index is -0.242. The number of fused-ring (bicyclic) bond motifs is 1. The number of ether oxygens (including phenoxy) is 1. The Morgan fingerprint density at radius 2 is 1.93 bits per heavy atom. The number of aryl methyl sites for hydroxylation is 1. The number of halogens is 1. The fraction of sp³-hybridized carbons (Fsp3) is 0.375. The molecule has 1 amide bonds. The van der Waals surface area contributed by atoms with E-state index >= 15 is 0 Å². The van der Waals surface area contributed by atoms with E-state index in [1.54, 1.807) is 12.1 Å². The molecular formula is C24H28FN3O2. The summed E-state index contributed by atoms with van der Waals surface area (Å²) in [4.78, 5) is 18.2. The lowest BCUT2D eigenvalue weighted by molar-refractivity contribution is -0.125. The zero-order valence-electron chi connectivity index (χ0n) is 17.5. The van der Waals surface area contributed by atoms with Crippen molar-refractivity contribution in [1.82, 2.24) is 15.2 Å². The van der Waals surface area contributed by atoms with Crippen molar-refractivity contribution in [2.75, 3.05) is 32.8 Å². The molecule has 0 radical (unpaired) electrons. The molecule has 3 aromatic rings. The number of rotatable bonds is 6. The van der Waals surface area contributed by atoms with Gasteiger partial charge in [0.2, 0.25) is 5.91 Å². The van der Waals surface area contributed by atoms with Crippen LogP contribution in [0.25, 0.3) is 22.2 Å². The van der Waals surface area contributed by atoms with Gasteiger partial charge in [-0.1, -0.05) is 13.0 Å². The molecule has 1 saturated heterocycles. The number of aromatic nitrogens is 1. The molecule has 5 nitrogen and oxygen atoms in total. The molecule has 0 spiro atoms. The molecule has 2 N–H and O–H groups in total. The molecule has 0 unspecified atom stereocenters. The summed E-state index contributed by atoms with van der Waals surface area (Å²) in [5, 5.41) is 4.18. The summed E-state index contributed by atoms with van der Waals surface area (Å²) in [5.41, 5.74) is 5.15. The Kier molecular flexibility index (Phi) is 6.16. The molecule has 1 atom stereocenters. The number of morpholine rings is 1. The van der Waals surface area contributed by atoms with Crippen molar-refractivity contribution < 1.29 is 13.9 Å². The van der Waals surface area contributed by atoms with Gasteiger partial charge in [-0.05, 0) is 60.0 Å². The average Bonchev–Trinajstić information content (AvgIpc) is 3.09. The van der Waals surface area contributed by atoms with Crippen LogP contribution < -0.4 is 5.32 Å². The van der Waals surface area contributed by atoms with E-state index in [1.807, 2.05) is 19.1 Å². The van der Waals surface area contributed by atoms with Gasteiger partial charge in [-0.2, -0.15) is 0 Å².